The van der Waals surface area contributed by atoms with Crippen LogP contribution in [0.4, 0.5) is 0 Å². The number of piperazine rings is 1. The van der Waals surface area contributed by atoms with Gasteiger partial charge in [-0.2, -0.15) is 0 Å². The quantitative estimate of drug-likeness (QED) is 0.729. The number of hydrogen-bond donors (Lipinski definition) is 2. The van der Waals surface area contributed by atoms with E-state index in [1.165, 1.54) is 12.8 Å². The Morgan fingerprint density at radius 3 is 2.33 bits per heavy atom. The van der Waals surface area contributed by atoms with E-state index in [4.69, 9.17) is 9.84 Å². The van der Waals surface area contributed by atoms with Crippen molar-refractivity contribution in [1.82, 2.24) is 9.80 Å². The normalized spacial score (nSPS) is 37.9. The van der Waals surface area contributed by atoms with E-state index in [0.717, 1.165) is 45.1 Å². The Hall–Kier alpha value is -0.200. The number of hydrogen-bond acceptors (Lipinski definition) is 5. The van der Waals surface area contributed by atoms with Gasteiger partial charge in [-0.25, -0.2) is 0 Å². The van der Waals surface area contributed by atoms with Crippen LogP contribution in [0.15, 0.2) is 0 Å². The fourth-order valence-corrected chi connectivity index (χ4v) is 5.30. The minimum absolute atomic E-state index is 0.230. The van der Waals surface area contributed by atoms with E-state index < -0.39 is 6.10 Å². The summed E-state index contributed by atoms with van der Waals surface area (Å²) < 4.78 is 6.22. The largest absolute Gasteiger partial charge is 0.395 e. The molecule has 24 heavy (non-hydrogen) atoms. The second-order valence-corrected chi connectivity index (χ2v) is 8.95. The van der Waals surface area contributed by atoms with Gasteiger partial charge in [-0.3, -0.25) is 9.80 Å². The summed E-state index contributed by atoms with van der Waals surface area (Å²) in [5, 5.41) is 19.4. The molecule has 0 unspecified atom stereocenters. The monoisotopic (exact) mass is 340 g/mol. The number of fused-ring (bicyclic) bond motifs is 2. The molecule has 5 heteroatoms. The lowest BCUT2D eigenvalue weighted by Gasteiger charge is -2.39. The van der Waals surface area contributed by atoms with Crippen LogP contribution in [0.5, 0.6) is 0 Å². The van der Waals surface area contributed by atoms with Crippen LogP contribution in [-0.4, -0.2) is 84.7 Å². The number of rotatable bonds is 7. The van der Waals surface area contributed by atoms with Crippen LogP contribution in [0.3, 0.4) is 0 Å². The first-order chi connectivity index (χ1) is 11.4. The number of aliphatic hydroxyl groups is 2. The molecule has 2 aliphatic carbocycles. The summed E-state index contributed by atoms with van der Waals surface area (Å²) in [7, 11) is 0. The zero-order chi connectivity index (χ0) is 17.4. The van der Waals surface area contributed by atoms with Crippen LogP contribution < -0.4 is 0 Å². The number of aliphatic hydroxyl groups excluding tert-OH is 2. The highest BCUT2D eigenvalue weighted by molar-refractivity contribution is 5.11. The van der Waals surface area contributed by atoms with E-state index in [1.807, 2.05) is 0 Å². The van der Waals surface area contributed by atoms with E-state index in [2.05, 4.69) is 30.6 Å². The minimum Gasteiger partial charge on any atom is -0.395 e. The molecule has 3 rings (SSSR count). The molecule has 4 atom stereocenters. The lowest BCUT2D eigenvalue weighted by atomic mass is 9.70. The van der Waals surface area contributed by atoms with Crippen molar-refractivity contribution in [3.63, 3.8) is 0 Å². The van der Waals surface area contributed by atoms with E-state index in [-0.39, 0.29) is 12.0 Å². The van der Waals surface area contributed by atoms with Crippen molar-refractivity contribution in [2.45, 2.75) is 52.2 Å². The first-order valence-corrected chi connectivity index (χ1v) is 9.72. The van der Waals surface area contributed by atoms with Crippen LogP contribution >= 0.6 is 0 Å². The van der Waals surface area contributed by atoms with Crippen LogP contribution in [0.25, 0.3) is 0 Å². The highest BCUT2D eigenvalue weighted by Crippen LogP contribution is 2.66. The molecule has 2 saturated carbocycles. The van der Waals surface area contributed by atoms with Gasteiger partial charge >= 0.3 is 0 Å². The molecule has 0 spiro atoms. The Kier molecular flexibility index (Phi) is 5.57. The molecule has 2 N–H and O–H groups in total. The summed E-state index contributed by atoms with van der Waals surface area (Å²) in [5.74, 6) is 0.782. The smallest absolute Gasteiger partial charge is 0.0900 e. The maximum atomic E-state index is 10.4. The number of ether oxygens (including phenoxy) is 1. The zero-order valence-corrected chi connectivity index (χ0v) is 15.7. The second-order valence-electron chi connectivity index (χ2n) is 8.95. The Balaban J connectivity index is 1.40. The van der Waals surface area contributed by atoms with E-state index in [9.17, 15) is 5.11 Å². The predicted octanol–water partition coefficient (Wildman–Crippen LogP) is 1.19. The van der Waals surface area contributed by atoms with Crippen molar-refractivity contribution in [3.8, 4) is 0 Å². The fraction of sp³-hybridized carbons (Fsp3) is 1.00. The fourth-order valence-electron chi connectivity index (χ4n) is 5.30. The maximum Gasteiger partial charge on any atom is 0.0900 e. The Morgan fingerprint density at radius 2 is 1.79 bits per heavy atom. The van der Waals surface area contributed by atoms with Crippen LogP contribution in [0.1, 0.15) is 40.0 Å². The van der Waals surface area contributed by atoms with E-state index >= 15 is 0 Å². The van der Waals surface area contributed by atoms with Crippen molar-refractivity contribution in [2.75, 3.05) is 52.5 Å². The van der Waals surface area contributed by atoms with Gasteiger partial charge in [0.1, 0.15) is 0 Å². The van der Waals surface area contributed by atoms with E-state index in [1.54, 1.807) is 0 Å². The number of β-amino-alcohol motifs (C(OH)–C–C–N with tert-alkyl or cyclic N) is 2. The summed E-state index contributed by atoms with van der Waals surface area (Å²) in [5.41, 5.74) is 0.638. The van der Waals surface area contributed by atoms with Crippen molar-refractivity contribution in [2.24, 2.45) is 16.7 Å². The van der Waals surface area contributed by atoms with Gasteiger partial charge in [0.25, 0.3) is 0 Å². The van der Waals surface area contributed by atoms with Crippen molar-refractivity contribution >= 4 is 0 Å². The minimum atomic E-state index is -0.403. The standard InChI is InChI=1S/C19H36N2O3/c1-18(2)15-4-5-19(18,3)17(12-15)24-14-16(23)13-21-8-6-20(7-9-21)10-11-22/h15-17,22-23H,4-14H2,1-3H3/t15-,16+,17+,19-/m0/s1. The van der Waals surface area contributed by atoms with Crippen molar-refractivity contribution < 1.29 is 14.9 Å². The van der Waals surface area contributed by atoms with Gasteiger partial charge in [-0.05, 0) is 36.0 Å². The molecule has 0 aromatic carbocycles. The molecule has 2 bridgehead atoms. The van der Waals surface area contributed by atoms with Crippen molar-refractivity contribution in [3.05, 3.63) is 0 Å². The van der Waals surface area contributed by atoms with Crippen LogP contribution in [0.2, 0.25) is 0 Å². The lowest BCUT2D eigenvalue weighted by Crippen LogP contribution is -2.49. The Morgan fingerprint density at radius 1 is 1.12 bits per heavy atom. The molecule has 140 valence electrons. The first kappa shape index (κ1) is 18.6. The summed E-state index contributed by atoms with van der Waals surface area (Å²) >= 11 is 0. The number of nitrogens with zero attached hydrogens (tertiary/aromatic N) is 2. The molecule has 0 aromatic rings. The molecular weight excluding hydrogens is 304 g/mol. The topological polar surface area (TPSA) is 56.2 Å². The molecule has 5 nitrogen and oxygen atoms in total. The highest BCUT2D eigenvalue weighted by Gasteiger charge is 2.61. The third kappa shape index (κ3) is 3.38. The molecular formula is C19H36N2O3. The Bertz CT molecular complexity index is 423. The average molecular weight is 341 g/mol. The van der Waals surface area contributed by atoms with Crippen LogP contribution in [-0.2, 0) is 4.74 Å². The summed E-state index contributed by atoms with van der Waals surface area (Å²) in [6.45, 7) is 13.2. The van der Waals surface area contributed by atoms with Gasteiger partial charge in [-0.15, -0.1) is 0 Å². The van der Waals surface area contributed by atoms with Gasteiger partial charge in [0.2, 0.25) is 0 Å². The third-order valence-corrected chi connectivity index (χ3v) is 7.55. The van der Waals surface area contributed by atoms with Gasteiger partial charge in [0.15, 0.2) is 0 Å². The van der Waals surface area contributed by atoms with Gasteiger partial charge in [0, 0.05) is 39.3 Å². The average Bonchev–Trinajstić information content (AvgIpc) is 2.88. The molecule has 1 aliphatic heterocycles. The van der Waals surface area contributed by atoms with Crippen LogP contribution in [0, 0.1) is 16.7 Å². The Labute approximate surface area is 147 Å². The third-order valence-electron chi connectivity index (χ3n) is 7.55. The summed E-state index contributed by atoms with van der Waals surface area (Å²) in [6.07, 6.45) is 3.67. The lowest BCUT2D eigenvalue weighted by molar-refractivity contribution is -0.0807. The maximum absolute atomic E-state index is 10.4. The van der Waals surface area contributed by atoms with E-state index in [0.29, 0.717) is 24.7 Å². The second kappa shape index (κ2) is 7.20. The molecule has 0 aromatic heterocycles. The van der Waals surface area contributed by atoms with Gasteiger partial charge in [0.05, 0.1) is 25.4 Å². The highest BCUT2D eigenvalue weighted by atomic mass is 16.5. The molecule has 1 saturated heterocycles. The molecule has 0 radical (unpaired) electrons. The first-order valence-electron chi connectivity index (χ1n) is 9.72. The summed E-state index contributed by atoms with van der Waals surface area (Å²) in [6, 6.07) is 0. The molecule has 0 amide bonds. The molecule has 1 heterocycles. The zero-order valence-electron chi connectivity index (χ0n) is 15.7. The molecule has 3 aliphatic rings. The SMILES string of the molecule is CC1(C)[C@H]2CC[C@@]1(C)[C@H](OC[C@H](O)CN1CCN(CCO)CC1)C2. The van der Waals surface area contributed by atoms with Crippen molar-refractivity contribution in [1.29, 1.82) is 0 Å². The summed E-state index contributed by atoms with van der Waals surface area (Å²) in [4.78, 5) is 4.59. The predicted molar refractivity (Wildman–Crippen MR) is 94.9 cm³/mol. The van der Waals surface area contributed by atoms with Gasteiger partial charge < -0.3 is 14.9 Å². The van der Waals surface area contributed by atoms with Gasteiger partial charge in [-0.1, -0.05) is 20.8 Å². The molecule has 3 fully saturated rings.